The molecule has 0 saturated heterocycles. The Hall–Kier alpha value is -2.13. The Labute approximate surface area is 122 Å². The second-order valence-corrected chi connectivity index (χ2v) is 5.39. The van der Waals surface area contributed by atoms with Crippen molar-refractivity contribution in [3.05, 3.63) is 59.1 Å². The van der Waals surface area contributed by atoms with Gasteiger partial charge in [0.05, 0.1) is 16.8 Å². The minimum Gasteiger partial charge on any atom is -0.493 e. The summed E-state index contributed by atoms with van der Waals surface area (Å²) in [4.78, 5) is 4.59. The van der Waals surface area contributed by atoms with Crippen molar-refractivity contribution in [2.45, 2.75) is 6.92 Å². The topological polar surface area (TPSA) is 22.1 Å². The number of thiazole rings is 1. The van der Waals surface area contributed by atoms with Crippen LogP contribution in [-0.4, -0.2) is 11.6 Å². The van der Waals surface area contributed by atoms with Gasteiger partial charge in [0.1, 0.15) is 10.8 Å². The van der Waals surface area contributed by atoms with E-state index in [4.69, 9.17) is 4.74 Å². The van der Waals surface area contributed by atoms with Crippen LogP contribution in [-0.2, 0) is 0 Å². The van der Waals surface area contributed by atoms with Gasteiger partial charge in [-0.3, -0.25) is 0 Å². The molecule has 2 nitrogen and oxygen atoms in total. The van der Waals surface area contributed by atoms with Gasteiger partial charge in [-0.1, -0.05) is 30.3 Å². The van der Waals surface area contributed by atoms with Crippen LogP contribution >= 0.6 is 11.3 Å². The van der Waals surface area contributed by atoms with Crippen LogP contribution in [0.5, 0.6) is 5.75 Å². The summed E-state index contributed by atoms with van der Waals surface area (Å²) in [7, 11) is 0. The lowest BCUT2D eigenvalue weighted by molar-refractivity contribution is 0.339. The molecule has 0 N–H and O–H groups in total. The van der Waals surface area contributed by atoms with Gasteiger partial charge in [-0.15, -0.1) is 11.3 Å². The molecule has 1 heterocycles. The number of hydrogen-bond acceptors (Lipinski definition) is 3. The van der Waals surface area contributed by atoms with E-state index in [2.05, 4.69) is 23.2 Å². The highest BCUT2D eigenvalue weighted by Gasteiger charge is 2.01. The van der Waals surface area contributed by atoms with E-state index in [1.54, 1.807) is 11.3 Å². The maximum Gasteiger partial charge on any atom is 0.126 e. The average Bonchev–Trinajstić information content (AvgIpc) is 2.89. The fourth-order valence-corrected chi connectivity index (χ4v) is 2.90. The van der Waals surface area contributed by atoms with Crippen molar-refractivity contribution in [1.82, 2.24) is 4.98 Å². The molecule has 0 aliphatic heterocycles. The first-order valence-electron chi connectivity index (χ1n) is 6.62. The SMILES string of the molecule is CCOc1ccccc1/C=C/c1nc2ccccc2s1. The van der Waals surface area contributed by atoms with Crippen LogP contribution in [0, 0.1) is 0 Å². The third-order valence-corrected chi connectivity index (χ3v) is 3.94. The van der Waals surface area contributed by atoms with E-state index < -0.39 is 0 Å². The first kappa shape index (κ1) is 12.9. The van der Waals surface area contributed by atoms with Gasteiger partial charge < -0.3 is 4.74 Å². The molecule has 0 fully saturated rings. The molecule has 0 spiro atoms. The summed E-state index contributed by atoms with van der Waals surface area (Å²) in [5.74, 6) is 0.910. The average molecular weight is 281 g/mol. The van der Waals surface area contributed by atoms with Crippen molar-refractivity contribution in [3.8, 4) is 5.75 Å². The van der Waals surface area contributed by atoms with Crippen LogP contribution in [0.15, 0.2) is 48.5 Å². The smallest absolute Gasteiger partial charge is 0.126 e. The third-order valence-electron chi connectivity index (χ3n) is 2.93. The highest BCUT2D eigenvalue weighted by atomic mass is 32.1. The number of benzene rings is 2. The molecule has 0 unspecified atom stereocenters. The zero-order valence-electron chi connectivity index (χ0n) is 11.2. The van der Waals surface area contributed by atoms with Gasteiger partial charge >= 0.3 is 0 Å². The standard InChI is InChI=1S/C17H15NOS/c1-2-19-15-9-5-3-7-13(15)11-12-17-18-14-8-4-6-10-16(14)20-17/h3-12H,2H2,1H3/b12-11+. The molecule has 3 rings (SSSR count). The van der Waals surface area contributed by atoms with Crippen LogP contribution in [0.3, 0.4) is 0 Å². The lowest BCUT2D eigenvalue weighted by Crippen LogP contribution is -1.92. The highest BCUT2D eigenvalue weighted by Crippen LogP contribution is 2.25. The fourth-order valence-electron chi connectivity index (χ4n) is 2.03. The van der Waals surface area contributed by atoms with Gasteiger partial charge in [0.2, 0.25) is 0 Å². The molecule has 0 aliphatic carbocycles. The number of ether oxygens (including phenoxy) is 1. The fraction of sp³-hybridized carbons (Fsp3) is 0.118. The largest absolute Gasteiger partial charge is 0.493 e. The van der Waals surface area contributed by atoms with Crippen molar-refractivity contribution in [3.63, 3.8) is 0 Å². The lowest BCUT2D eigenvalue weighted by Gasteiger charge is -2.05. The van der Waals surface area contributed by atoms with E-state index in [1.807, 2.05) is 49.4 Å². The number of para-hydroxylation sites is 2. The number of aromatic nitrogens is 1. The van der Waals surface area contributed by atoms with Gasteiger partial charge in [0, 0.05) is 5.56 Å². The molecule has 100 valence electrons. The Kier molecular flexibility index (Phi) is 3.79. The van der Waals surface area contributed by atoms with Crippen LogP contribution in [0.25, 0.3) is 22.4 Å². The Bertz CT molecular complexity index is 712. The first-order valence-corrected chi connectivity index (χ1v) is 7.44. The molecule has 0 amide bonds. The highest BCUT2D eigenvalue weighted by molar-refractivity contribution is 7.19. The molecule has 3 aromatic rings. The van der Waals surface area contributed by atoms with Gasteiger partial charge in [-0.2, -0.15) is 0 Å². The molecule has 0 saturated carbocycles. The zero-order valence-corrected chi connectivity index (χ0v) is 12.1. The molecular weight excluding hydrogens is 266 g/mol. The Morgan fingerprint density at radius 2 is 1.85 bits per heavy atom. The molecular formula is C17H15NOS. The van der Waals surface area contributed by atoms with E-state index in [-0.39, 0.29) is 0 Å². The Morgan fingerprint density at radius 1 is 1.05 bits per heavy atom. The van der Waals surface area contributed by atoms with Gasteiger partial charge in [0.15, 0.2) is 0 Å². The van der Waals surface area contributed by atoms with E-state index >= 15 is 0 Å². The lowest BCUT2D eigenvalue weighted by atomic mass is 10.2. The van der Waals surface area contributed by atoms with Crippen molar-refractivity contribution < 1.29 is 4.74 Å². The van der Waals surface area contributed by atoms with Crippen molar-refractivity contribution in [2.24, 2.45) is 0 Å². The summed E-state index contributed by atoms with van der Waals surface area (Å²) in [6.07, 6.45) is 4.10. The molecule has 0 aliphatic rings. The first-order chi connectivity index (χ1) is 9.86. The Balaban J connectivity index is 1.90. The van der Waals surface area contributed by atoms with Crippen LogP contribution in [0.4, 0.5) is 0 Å². The zero-order chi connectivity index (χ0) is 13.8. The summed E-state index contributed by atoms with van der Waals surface area (Å²) < 4.78 is 6.83. The third kappa shape index (κ3) is 2.73. The van der Waals surface area contributed by atoms with E-state index in [1.165, 1.54) is 4.70 Å². The quantitative estimate of drug-likeness (QED) is 0.681. The summed E-state index contributed by atoms with van der Waals surface area (Å²) in [6, 6.07) is 16.2. The Morgan fingerprint density at radius 3 is 2.70 bits per heavy atom. The second kappa shape index (κ2) is 5.88. The maximum atomic E-state index is 5.62. The molecule has 1 aromatic heterocycles. The summed E-state index contributed by atoms with van der Waals surface area (Å²) in [5, 5.41) is 1.01. The molecule has 2 aromatic carbocycles. The molecule has 0 bridgehead atoms. The number of hydrogen-bond donors (Lipinski definition) is 0. The number of nitrogens with zero attached hydrogens (tertiary/aromatic N) is 1. The van der Waals surface area contributed by atoms with Gasteiger partial charge in [0.25, 0.3) is 0 Å². The molecule has 0 atom stereocenters. The van der Waals surface area contributed by atoms with E-state index in [0.29, 0.717) is 6.61 Å². The van der Waals surface area contributed by atoms with Gasteiger partial charge in [-0.25, -0.2) is 4.98 Å². The number of rotatable bonds is 4. The molecule has 3 heteroatoms. The molecule has 20 heavy (non-hydrogen) atoms. The van der Waals surface area contributed by atoms with Crippen molar-refractivity contribution in [2.75, 3.05) is 6.61 Å². The predicted molar refractivity (Wildman–Crippen MR) is 86.2 cm³/mol. The summed E-state index contributed by atoms with van der Waals surface area (Å²) in [6.45, 7) is 2.67. The van der Waals surface area contributed by atoms with E-state index in [0.717, 1.165) is 21.8 Å². The monoisotopic (exact) mass is 281 g/mol. The minimum atomic E-state index is 0.673. The summed E-state index contributed by atoms with van der Waals surface area (Å²) in [5.41, 5.74) is 2.13. The number of fused-ring (bicyclic) bond motifs is 1. The minimum absolute atomic E-state index is 0.673. The predicted octanol–water partition coefficient (Wildman–Crippen LogP) is 4.87. The van der Waals surface area contributed by atoms with Crippen molar-refractivity contribution >= 4 is 33.7 Å². The molecule has 0 radical (unpaired) electrons. The normalized spacial score (nSPS) is 11.2. The second-order valence-electron chi connectivity index (χ2n) is 4.32. The van der Waals surface area contributed by atoms with Crippen LogP contribution in [0.1, 0.15) is 17.5 Å². The maximum absolute atomic E-state index is 5.62. The van der Waals surface area contributed by atoms with E-state index in [9.17, 15) is 0 Å². The van der Waals surface area contributed by atoms with Gasteiger partial charge in [-0.05, 0) is 37.3 Å². The van der Waals surface area contributed by atoms with Crippen LogP contribution < -0.4 is 4.74 Å². The summed E-state index contributed by atoms with van der Waals surface area (Å²) >= 11 is 1.70. The van der Waals surface area contributed by atoms with Crippen molar-refractivity contribution in [1.29, 1.82) is 0 Å². The van der Waals surface area contributed by atoms with Crippen LogP contribution in [0.2, 0.25) is 0 Å².